The van der Waals surface area contributed by atoms with Crippen molar-refractivity contribution in [1.82, 2.24) is 4.42 Å². The summed E-state index contributed by atoms with van der Waals surface area (Å²) in [4.78, 5) is 0. The van der Waals surface area contributed by atoms with Crippen molar-refractivity contribution in [2.45, 2.75) is 13.8 Å². The first kappa shape index (κ1) is 8.56. The summed E-state index contributed by atoms with van der Waals surface area (Å²) in [6, 6.07) is 0. The Hall–Kier alpha value is -0.440. The van der Waals surface area contributed by atoms with E-state index in [2.05, 4.69) is 0 Å². The molecule has 54 valence electrons. The molecule has 0 saturated heterocycles. The van der Waals surface area contributed by atoms with Crippen LogP contribution in [-0.2, 0) is 0 Å². The highest BCUT2D eigenvalue weighted by Gasteiger charge is 2.03. The Kier molecular flexibility index (Phi) is 3.39. The van der Waals surface area contributed by atoms with Crippen molar-refractivity contribution in [3.8, 4) is 0 Å². The van der Waals surface area contributed by atoms with Gasteiger partial charge in [0, 0.05) is 18.3 Å². The maximum Gasteiger partial charge on any atom is 0.203 e. The fraction of sp³-hybridized carbons (Fsp3) is 0.800. The van der Waals surface area contributed by atoms with Crippen molar-refractivity contribution in [2.75, 3.05) is 6.54 Å². The third-order valence-electron chi connectivity index (χ3n) is 0.787. The van der Waals surface area contributed by atoms with Crippen LogP contribution in [0.15, 0.2) is 0 Å². The van der Waals surface area contributed by atoms with Gasteiger partial charge in [-0.25, -0.2) is 0 Å². The Balaban J connectivity index is 3.50. The molecule has 9 heavy (non-hydrogen) atoms. The van der Waals surface area contributed by atoms with Gasteiger partial charge in [0.1, 0.15) is 0 Å². The summed E-state index contributed by atoms with van der Waals surface area (Å²) in [5.41, 5.74) is 5.06. The summed E-state index contributed by atoms with van der Waals surface area (Å²) < 4.78 is 1.20. The van der Waals surface area contributed by atoms with Gasteiger partial charge in [0.2, 0.25) is 5.96 Å². The molecule has 0 atom stereocenters. The number of nitrogens with one attached hydrogen (secondary N) is 1. The van der Waals surface area contributed by atoms with Crippen LogP contribution < -0.4 is 5.73 Å². The van der Waals surface area contributed by atoms with E-state index in [0.29, 0.717) is 12.5 Å². The van der Waals surface area contributed by atoms with Gasteiger partial charge in [-0.2, -0.15) is 0 Å². The first-order chi connectivity index (χ1) is 4.04. The molecule has 4 heteroatoms. The van der Waals surface area contributed by atoms with E-state index in [-0.39, 0.29) is 5.96 Å². The number of hydrogen-bond donors (Lipinski definition) is 2. The van der Waals surface area contributed by atoms with E-state index < -0.39 is 0 Å². The smallest absolute Gasteiger partial charge is 0.203 e. The Bertz CT molecular complexity index is 102. The molecule has 0 aliphatic carbocycles. The van der Waals surface area contributed by atoms with Crippen molar-refractivity contribution in [2.24, 2.45) is 11.7 Å². The number of nitrogens with two attached hydrogens (primary N) is 1. The van der Waals surface area contributed by atoms with Gasteiger partial charge < -0.3 is 5.73 Å². The van der Waals surface area contributed by atoms with Gasteiger partial charge in [0.15, 0.2) is 0 Å². The van der Waals surface area contributed by atoms with E-state index in [4.69, 9.17) is 22.9 Å². The molecular weight excluding hydrogens is 138 g/mol. The van der Waals surface area contributed by atoms with Crippen molar-refractivity contribution in [3.63, 3.8) is 0 Å². The Morgan fingerprint density at radius 1 is 1.78 bits per heavy atom. The minimum Gasteiger partial charge on any atom is -0.369 e. The Morgan fingerprint density at radius 2 is 2.22 bits per heavy atom. The van der Waals surface area contributed by atoms with Gasteiger partial charge in [-0.3, -0.25) is 9.83 Å². The average molecular weight is 150 g/mol. The molecule has 0 aromatic carbocycles. The summed E-state index contributed by atoms with van der Waals surface area (Å²) in [7, 11) is 0. The van der Waals surface area contributed by atoms with Crippen LogP contribution in [0.5, 0.6) is 0 Å². The van der Waals surface area contributed by atoms with Crippen LogP contribution in [0.1, 0.15) is 13.8 Å². The molecule has 0 amide bonds. The lowest BCUT2D eigenvalue weighted by molar-refractivity contribution is 0.509. The van der Waals surface area contributed by atoms with Crippen LogP contribution in [0.2, 0.25) is 0 Å². The maximum atomic E-state index is 6.87. The number of halogens is 1. The van der Waals surface area contributed by atoms with Gasteiger partial charge in [-0.15, -0.1) is 0 Å². The first-order valence-corrected chi connectivity index (χ1v) is 3.15. The predicted octanol–water partition coefficient (Wildman–Crippen LogP) is 0.992. The molecular formula is C5H12ClN3. The van der Waals surface area contributed by atoms with E-state index in [0.717, 1.165) is 0 Å². The van der Waals surface area contributed by atoms with E-state index in [1.54, 1.807) is 0 Å². The summed E-state index contributed by atoms with van der Waals surface area (Å²) in [5, 5.41) is 6.87. The molecule has 0 heterocycles. The fourth-order valence-electron chi connectivity index (χ4n) is 0.419. The molecule has 0 rings (SSSR count). The lowest BCUT2D eigenvalue weighted by atomic mass is 10.2. The molecule has 0 aromatic heterocycles. The maximum absolute atomic E-state index is 6.87. The third kappa shape index (κ3) is 4.09. The predicted molar refractivity (Wildman–Crippen MR) is 39.3 cm³/mol. The SMILES string of the molecule is CC(C)CN(Cl)C(=N)N. The van der Waals surface area contributed by atoms with Gasteiger partial charge in [0.05, 0.1) is 0 Å². The van der Waals surface area contributed by atoms with Gasteiger partial charge >= 0.3 is 0 Å². The molecule has 0 unspecified atom stereocenters. The zero-order valence-corrected chi connectivity index (χ0v) is 6.44. The third-order valence-corrected chi connectivity index (χ3v) is 1.11. The largest absolute Gasteiger partial charge is 0.369 e. The lowest BCUT2D eigenvalue weighted by Gasteiger charge is -2.14. The highest BCUT2D eigenvalue weighted by atomic mass is 35.5. The topological polar surface area (TPSA) is 53.1 Å². The molecule has 0 spiro atoms. The normalized spacial score (nSPS) is 9.78. The minimum absolute atomic E-state index is 0.0923. The molecule has 0 aliphatic heterocycles. The van der Waals surface area contributed by atoms with E-state index in [1.807, 2.05) is 13.8 Å². The molecule has 0 bridgehead atoms. The number of nitrogens with zero attached hydrogens (tertiary/aromatic N) is 1. The summed E-state index contributed by atoms with van der Waals surface area (Å²) in [6.07, 6.45) is 0. The molecule has 0 fully saturated rings. The fourth-order valence-corrected chi connectivity index (χ4v) is 0.695. The zero-order chi connectivity index (χ0) is 7.44. The quantitative estimate of drug-likeness (QED) is 0.350. The monoisotopic (exact) mass is 149 g/mol. The van der Waals surface area contributed by atoms with Crippen molar-refractivity contribution >= 4 is 17.7 Å². The first-order valence-electron chi connectivity index (χ1n) is 2.81. The van der Waals surface area contributed by atoms with Crippen LogP contribution in [0.25, 0.3) is 0 Å². The summed E-state index contributed by atoms with van der Waals surface area (Å²) >= 11 is 5.49. The van der Waals surface area contributed by atoms with Gasteiger partial charge in [-0.1, -0.05) is 13.8 Å². The van der Waals surface area contributed by atoms with Crippen LogP contribution in [0.4, 0.5) is 0 Å². The minimum atomic E-state index is -0.0923. The molecule has 0 aliphatic rings. The summed E-state index contributed by atoms with van der Waals surface area (Å²) in [5.74, 6) is 0.344. The van der Waals surface area contributed by atoms with Crippen molar-refractivity contribution in [1.29, 1.82) is 5.41 Å². The Labute approximate surface area is 60.4 Å². The van der Waals surface area contributed by atoms with Gasteiger partial charge in [-0.05, 0) is 5.92 Å². The van der Waals surface area contributed by atoms with Crippen molar-refractivity contribution < 1.29 is 0 Å². The number of guanidine groups is 1. The van der Waals surface area contributed by atoms with Crippen LogP contribution in [0, 0.1) is 11.3 Å². The van der Waals surface area contributed by atoms with Crippen LogP contribution >= 0.6 is 11.8 Å². The van der Waals surface area contributed by atoms with Crippen molar-refractivity contribution in [3.05, 3.63) is 0 Å². The highest BCUT2D eigenvalue weighted by Crippen LogP contribution is 1.99. The van der Waals surface area contributed by atoms with Gasteiger partial charge in [0.25, 0.3) is 0 Å². The molecule has 0 aromatic rings. The highest BCUT2D eigenvalue weighted by molar-refractivity contribution is 6.21. The molecule has 3 N–H and O–H groups in total. The second-order valence-corrected chi connectivity index (χ2v) is 2.73. The molecule has 0 saturated carbocycles. The zero-order valence-electron chi connectivity index (χ0n) is 5.69. The average Bonchev–Trinajstić information content (AvgIpc) is 1.63. The molecule has 0 radical (unpaired) electrons. The van der Waals surface area contributed by atoms with E-state index >= 15 is 0 Å². The van der Waals surface area contributed by atoms with E-state index in [9.17, 15) is 0 Å². The second kappa shape index (κ2) is 3.56. The standard InChI is InChI=1S/C5H12ClN3/c1-4(2)3-9(6)5(7)8/h4H,3H2,1-2H3,(H3,7,8). The second-order valence-electron chi connectivity index (χ2n) is 2.32. The van der Waals surface area contributed by atoms with E-state index in [1.165, 1.54) is 4.42 Å². The Morgan fingerprint density at radius 3 is 2.33 bits per heavy atom. The number of rotatable bonds is 2. The lowest BCUT2D eigenvalue weighted by Crippen LogP contribution is -2.31. The number of hydrogen-bond acceptors (Lipinski definition) is 1. The molecule has 3 nitrogen and oxygen atoms in total. The van der Waals surface area contributed by atoms with Crippen LogP contribution in [0.3, 0.4) is 0 Å². The summed E-state index contributed by atoms with van der Waals surface area (Å²) in [6.45, 7) is 4.65. The van der Waals surface area contributed by atoms with Crippen LogP contribution in [-0.4, -0.2) is 16.9 Å².